The molecule has 0 saturated heterocycles. The summed E-state index contributed by atoms with van der Waals surface area (Å²) in [5.74, 6) is -0.473. The van der Waals surface area contributed by atoms with Crippen LogP contribution in [0.4, 0.5) is 0 Å². The Bertz CT molecular complexity index is 583. The highest BCUT2D eigenvalue weighted by atomic mass is 16.5. The summed E-state index contributed by atoms with van der Waals surface area (Å²) >= 11 is 0. The van der Waals surface area contributed by atoms with E-state index in [9.17, 15) is 9.59 Å². The van der Waals surface area contributed by atoms with E-state index in [2.05, 4.69) is 5.32 Å². The molecule has 0 bridgehead atoms. The molecule has 120 valence electrons. The number of ether oxygens (including phenoxy) is 1. The molecule has 1 amide bonds. The average molecular weight is 311 g/mol. The van der Waals surface area contributed by atoms with Crippen molar-refractivity contribution in [2.45, 2.75) is 32.4 Å². The topological polar surface area (TPSA) is 55.4 Å². The predicted octanol–water partition coefficient (Wildman–Crippen LogP) is 3.44. The third kappa shape index (κ3) is 5.25. The molecule has 2 unspecified atom stereocenters. The lowest BCUT2D eigenvalue weighted by molar-refractivity contribution is 0.0308. The van der Waals surface area contributed by atoms with Gasteiger partial charge in [0.25, 0.3) is 5.91 Å². The summed E-state index contributed by atoms with van der Waals surface area (Å²) in [6.07, 6.45) is 0.269. The Labute approximate surface area is 136 Å². The minimum Gasteiger partial charge on any atom is -0.459 e. The van der Waals surface area contributed by atoms with Gasteiger partial charge >= 0.3 is 5.97 Å². The van der Waals surface area contributed by atoms with Gasteiger partial charge in [-0.25, -0.2) is 4.79 Å². The van der Waals surface area contributed by atoms with Crippen LogP contribution >= 0.6 is 0 Å². The number of hydrogen-bond acceptors (Lipinski definition) is 3. The third-order valence-corrected chi connectivity index (χ3v) is 3.42. The molecule has 0 aliphatic heterocycles. The second-order valence-electron chi connectivity index (χ2n) is 5.56. The molecule has 4 nitrogen and oxygen atoms in total. The first-order valence-electron chi connectivity index (χ1n) is 7.68. The van der Waals surface area contributed by atoms with Crippen LogP contribution in [-0.4, -0.2) is 24.0 Å². The van der Waals surface area contributed by atoms with Crippen LogP contribution in [0.25, 0.3) is 0 Å². The van der Waals surface area contributed by atoms with E-state index in [0.717, 1.165) is 0 Å². The quantitative estimate of drug-likeness (QED) is 0.831. The van der Waals surface area contributed by atoms with E-state index in [1.807, 2.05) is 38.1 Å². The number of amides is 1. The van der Waals surface area contributed by atoms with Crippen molar-refractivity contribution in [1.82, 2.24) is 5.32 Å². The van der Waals surface area contributed by atoms with Crippen LogP contribution in [0.2, 0.25) is 0 Å². The zero-order valence-corrected chi connectivity index (χ0v) is 13.4. The summed E-state index contributed by atoms with van der Waals surface area (Å²) in [7, 11) is 0. The summed E-state index contributed by atoms with van der Waals surface area (Å²) in [6, 6.07) is 17.8. The van der Waals surface area contributed by atoms with Gasteiger partial charge < -0.3 is 10.1 Å². The Morgan fingerprint density at radius 1 is 0.913 bits per heavy atom. The minimum atomic E-state index is -0.348. The maximum Gasteiger partial charge on any atom is 0.338 e. The molecule has 0 aliphatic carbocycles. The van der Waals surface area contributed by atoms with Gasteiger partial charge in [-0.15, -0.1) is 0 Å². The van der Waals surface area contributed by atoms with E-state index in [4.69, 9.17) is 4.74 Å². The summed E-state index contributed by atoms with van der Waals surface area (Å²) < 4.78 is 5.40. The SMILES string of the molecule is CC(CC(C)OC(=O)c1ccccc1)NC(=O)c1ccccc1. The molecule has 2 aromatic rings. The van der Waals surface area contributed by atoms with Crippen LogP contribution in [-0.2, 0) is 4.74 Å². The molecular weight excluding hydrogens is 290 g/mol. The minimum absolute atomic E-state index is 0.0960. The highest BCUT2D eigenvalue weighted by Gasteiger charge is 2.16. The Kier molecular flexibility index (Phi) is 5.92. The summed E-state index contributed by atoms with van der Waals surface area (Å²) in [5, 5.41) is 2.91. The molecule has 0 radical (unpaired) electrons. The van der Waals surface area contributed by atoms with Crippen LogP contribution in [0.5, 0.6) is 0 Å². The number of esters is 1. The highest BCUT2D eigenvalue weighted by Crippen LogP contribution is 2.08. The molecule has 0 heterocycles. The normalized spacial score (nSPS) is 13.0. The van der Waals surface area contributed by atoms with E-state index < -0.39 is 0 Å². The number of carbonyl (C=O) groups is 2. The molecular formula is C19H21NO3. The summed E-state index contributed by atoms with van der Waals surface area (Å²) in [5.41, 5.74) is 1.15. The van der Waals surface area contributed by atoms with Crippen LogP contribution in [0.3, 0.4) is 0 Å². The smallest absolute Gasteiger partial charge is 0.338 e. The maximum absolute atomic E-state index is 12.1. The summed E-state index contributed by atoms with van der Waals surface area (Å²) in [4.78, 5) is 24.0. The van der Waals surface area contributed by atoms with Gasteiger partial charge in [0.2, 0.25) is 0 Å². The number of benzene rings is 2. The van der Waals surface area contributed by atoms with Crippen LogP contribution < -0.4 is 5.32 Å². The number of rotatable bonds is 6. The van der Waals surface area contributed by atoms with Crippen molar-refractivity contribution in [1.29, 1.82) is 0 Å². The second-order valence-corrected chi connectivity index (χ2v) is 5.56. The molecule has 0 aliphatic rings. The van der Waals surface area contributed by atoms with Gasteiger partial charge in [-0.1, -0.05) is 36.4 Å². The first kappa shape index (κ1) is 16.7. The average Bonchev–Trinajstić information content (AvgIpc) is 2.56. The Hall–Kier alpha value is -2.62. The Morgan fingerprint density at radius 3 is 2.00 bits per heavy atom. The standard InChI is InChI=1S/C19H21NO3/c1-14(20-18(21)16-9-5-3-6-10-16)13-15(2)23-19(22)17-11-7-4-8-12-17/h3-12,14-15H,13H2,1-2H3,(H,20,21). The molecule has 4 heteroatoms. The van der Waals surface area contributed by atoms with Crippen LogP contribution in [0.15, 0.2) is 60.7 Å². The zero-order valence-electron chi connectivity index (χ0n) is 13.4. The maximum atomic E-state index is 12.1. The van der Waals surface area contributed by atoms with Crippen molar-refractivity contribution in [2.75, 3.05) is 0 Å². The molecule has 2 aromatic carbocycles. The fraction of sp³-hybridized carbons (Fsp3) is 0.263. The van der Waals surface area contributed by atoms with Crippen LogP contribution in [0, 0.1) is 0 Å². The van der Waals surface area contributed by atoms with E-state index >= 15 is 0 Å². The van der Waals surface area contributed by atoms with E-state index in [-0.39, 0.29) is 24.0 Å². The number of nitrogens with one attached hydrogen (secondary N) is 1. The summed E-state index contributed by atoms with van der Waals surface area (Å²) in [6.45, 7) is 3.72. The second kappa shape index (κ2) is 8.13. The third-order valence-electron chi connectivity index (χ3n) is 3.42. The van der Waals surface area contributed by atoms with Gasteiger partial charge in [0.15, 0.2) is 0 Å². The van der Waals surface area contributed by atoms with E-state index in [1.54, 1.807) is 36.4 Å². The lowest BCUT2D eigenvalue weighted by Crippen LogP contribution is -2.35. The van der Waals surface area contributed by atoms with Gasteiger partial charge in [0.1, 0.15) is 6.10 Å². The molecule has 0 aromatic heterocycles. The van der Waals surface area contributed by atoms with Gasteiger partial charge in [0.05, 0.1) is 5.56 Å². The van der Waals surface area contributed by atoms with Gasteiger partial charge in [0, 0.05) is 18.0 Å². The van der Waals surface area contributed by atoms with Crippen molar-refractivity contribution < 1.29 is 14.3 Å². The molecule has 2 rings (SSSR count). The Morgan fingerprint density at radius 2 is 1.43 bits per heavy atom. The van der Waals surface area contributed by atoms with Crippen molar-refractivity contribution in [3.8, 4) is 0 Å². The van der Waals surface area contributed by atoms with E-state index in [0.29, 0.717) is 17.5 Å². The van der Waals surface area contributed by atoms with Crippen LogP contribution in [0.1, 0.15) is 41.0 Å². The van der Waals surface area contributed by atoms with Gasteiger partial charge in [-0.05, 0) is 38.1 Å². The monoisotopic (exact) mass is 311 g/mol. The predicted molar refractivity (Wildman–Crippen MR) is 89.3 cm³/mol. The van der Waals surface area contributed by atoms with Crippen molar-refractivity contribution in [2.24, 2.45) is 0 Å². The van der Waals surface area contributed by atoms with Gasteiger partial charge in [-0.2, -0.15) is 0 Å². The van der Waals surface area contributed by atoms with E-state index in [1.165, 1.54) is 0 Å². The number of carbonyl (C=O) groups excluding carboxylic acids is 2. The lowest BCUT2D eigenvalue weighted by Gasteiger charge is -2.19. The number of hydrogen-bond donors (Lipinski definition) is 1. The van der Waals surface area contributed by atoms with Crippen molar-refractivity contribution >= 4 is 11.9 Å². The Balaban J connectivity index is 1.82. The highest BCUT2D eigenvalue weighted by molar-refractivity contribution is 5.94. The van der Waals surface area contributed by atoms with Gasteiger partial charge in [-0.3, -0.25) is 4.79 Å². The fourth-order valence-electron chi connectivity index (χ4n) is 2.33. The lowest BCUT2D eigenvalue weighted by atomic mass is 10.1. The molecule has 1 N–H and O–H groups in total. The molecule has 2 atom stereocenters. The molecule has 0 saturated carbocycles. The molecule has 23 heavy (non-hydrogen) atoms. The fourth-order valence-corrected chi connectivity index (χ4v) is 2.33. The molecule has 0 fully saturated rings. The largest absolute Gasteiger partial charge is 0.459 e. The zero-order chi connectivity index (χ0) is 16.7. The first-order valence-corrected chi connectivity index (χ1v) is 7.68. The first-order chi connectivity index (χ1) is 11.1. The molecule has 0 spiro atoms. The van der Waals surface area contributed by atoms with Crippen molar-refractivity contribution in [3.05, 3.63) is 71.8 Å². The van der Waals surface area contributed by atoms with Crippen molar-refractivity contribution in [3.63, 3.8) is 0 Å².